The molecule has 0 aliphatic heterocycles. The normalized spacial score (nSPS) is 9.88. The van der Waals surface area contributed by atoms with E-state index in [1.807, 2.05) is 0 Å². The fourth-order valence-corrected chi connectivity index (χ4v) is 1.56. The number of rotatable bonds is 3. The fourth-order valence-electron chi connectivity index (χ4n) is 1.14. The Morgan fingerprint density at radius 1 is 1.35 bits per heavy atom. The summed E-state index contributed by atoms with van der Waals surface area (Å²) >= 11 is 3.25. The Bertz CT molecular complexity index is 434. The average molecular weight is 300 g/mol. The standard InChI is InChI=1S/C11H14BrN3O2/c1-14(2)9(16)7-15(3)11(17)10-8(12)5-4-6-13-10/h4-6H,7H2,1-3H3. The Morgan fingerprint density at radius 3 is 2.53 bits per heavy atom. The Balaban J connectivity index is 2.77. The molecule has 1 heterocycles. The van der Waals surface area contributed by atoms with E-state index in [0.29, 0.717) is 10.2 Å². The van der Waals surface area contributed by atoms with Gasteiger partial charge in [-0.15, -0.1) is 0 Å². The molecule has 92 valence electrons. The SMILES string of the molecule is CN(C)C(=O)CN(C)C(=O)c1ncccc1Br. The lowest BCUT2D eigenvalue weighted by Gasteiger charge is -2.19. The average Bonchev–Trinajstić information content (AvgIpc) is 2.28. The maximum Gasteiger partial charge on any atom is 0.273 e. The summed E-state index contributed by atoms with van der Waals surface area (Å²) < 4.78 is 0.620. The van der Waals surface area contributed by atoms with Gasteiger partial charge in [-0.2, -0.15) is 0 Å². The molecule has 5 nitrogen and oxygen atoms in total. The Labute approximate surface area is 109 Å². The molecule has 0 saturated heterocycles. The molecule has 0 unspecified atom stereocenters. The zero-order chi connectivity index (χ0) is 13.0. The molecule has 0 aliphatic rings. The van der Waals surface area contributed by atoms with Gasteiger partial charge in [0.15, 0.2) is 0 Å². The lowest BCUT2D eigenvalue weighted by molar-refractivity contribution is -0.129. The summed E-state index contributed by atoms with van der Waals surface area (Å²) in [5.74, 6) is -0.416. The molecule has 0 spiro atoms. The molecule has 1 rings (SSSR count). The fraction of sp³-hybridized carbons (Fsp3) is 0.364. The van der Waals surface area contributed by atoms with Crippen LogP contribution >= 0.6 is 15.9 Å². The first-order chi connectivity index (χ1) is 7.93. The summed E-state index contributed by atoms with van der Waals surface area (Å²) in [7, 11) is 4.87. The summed E-state index contributed by atoms with van der Waals surface area (Å²) in [6, 6.07) is 3.47. The summed E-state index contributed by atoms with van der Waals surface area (Å²) in [4.78, 5) is 30.2. The van der Waals surface area contributed by atoms with Crippen molar-refractivity contribution in [1.29, 1.82) is 0 Å². The molecule has 0 fully saturated rings. The lowest BCUT2D eigenvalue weighted by Crippen LogP contribution is -2.38. The second kappa shape index (κ2) is 5.77. The van der Waals surface area contributed by atoms with E-state index in [-0.39, 0.29) is 18.4 Å². The van der Waals surface area contributed by atoms with Crippen LogP contribution in [0.1, 0.15) is 10.5 Å². The number of hydrogen-bond donors (Lipinski definition) is 0. The van der Waals surface area contributed by atoms with Gasteiger partial charge in [0.25, 0.3) is 5.91 Å². The Hall–Kier alpha value is -1.43. The van der Waals surface area contributed by atoms with Crippen LogP contribution in [0, 0.1) is 0 Å². The highest BCUT2D eigenvalue weighted by molar-refractivity contribution is 9.10. The van der Waals surface area contributed by atoms with E-state index in [2.05, 4.69) is 20.9 Å². The molecular formula is C11H14BrN3O2. The number of carbonyl (C=O) groups excluding carboxylic acids is 2. The van der Waals surface area contributed by atoms with Gasteiger partial charge in [-0.05, 0) is 28.1 Å². The minimum Gasteiger partial charge on any atom is -0.347 e. The van der Waals surface area contributed by atoms with Gasteiger partial charge >= 0.3 is 0 Å². The van der Waals surface area contributed by atoms with E-state index in [1.54, 1.807) is 39.5 Å². The van der Waals surface area contributed by atoms with E-state index in [9.17, 15) is 9.59 Å². The number of aromatic nitrogens is 1. The lowest BCUT2D eigenvalue weighted by atomic mass is 10.3. The molecule has 0 radical (unpaired) electrons. The maximum atomic E-state index is 12.0. The van der Waals surface area contributed by atoms with Gasteiger partial charge in [0.1, 0.15) is 5.69 Å². The monoisotopic (exact) mass is 299 g/mol. The van der Waals surface area contributed by atoms with Crippen molar-refractivity contribution in [2.75, 3.05) is 27.7 Å². The minimum atomic E-state index is -0.285. The molecule has 17 heavy (non-hydrogen) atoms. The van der Waals surface area contributed by atoms with Crippen molar-refractivity contribution in [3.8, 4) is 0 Å². The zero-order valence-corrected chi connectivity index (χ0v) is 11.6. The molecule has 0 saturated carbocycles. The molecule has 0 N–H and O–H groups in total. The number of amides is 2. The Morgan fingerprint density at radius 2 is 2.00 bits per heavy atom. The third-order valence-electron chi connectivity index (χ3n) is 2.18. The maximum absolute atomic E-state index is 12.0. The van der Waals surface area contributed by atoms with E-state index < -0.39 is 0 Å². The van der Waals surface area contributed by atoms with Crippen molar-refractivity contribution in [2.45, 2.75) is 0 Å². The van der Waals surface area contributed by atoms with Gasteiger partial charge in [0.2, 0.25) is 5.91 Å². The molecule has 0 bridgehead atoms. The number of nitrogens with zero attached hydrogens (tertiary/aromatic N) is 3. The number of pyridine rings is 1. The van der Waals surface area contributed by atoms with Crippen LogP contribution in [-0.4, -0.2) is 54.3 Å². The van der Waals surface area contributed by atoms with Crippen LogP contribution in [0.15, 0.2) is 22.8 Å². The van der Waals surface area contributed by atoms with Crippen LogP contribution in [0.5, 0.6) is 0 Å². The van der Waals surface area contributed by atoms with Crippen LogP contribution < -0.4 is 0 Å². The largest absolute Gasteiger partial charge is 0.347 e. The molecule has 6 heteroatoms. The second-order valence-corrected chi connectivity index (χ2v) is 4.64. The highest BCUT2D eigenvalue weighted by atomic mass is 79.9. The number of halogens is 1. The van der Waals surface area contributed by atoms with Gasteiger partial charge in [-0.25, -0.2) is 4.98 Å². The number of carbonyl (C=O) groups is 2. The Kier molecular flexibility index (Phi) is 4.62. The quantitative estimate of drug-likeness (QED) is 0.837. The highest BCUT2D eigenvalue weighted by Crippen LogP contribution is 2.14. The van der Waals surface area contributed by atoms with Crippen molar-refractivity contribution >= 4 is 27.7 Å². The third kappa shape index (κ3) is 3.52. The first kappa shape index (κ1) is 13.6. The van der Waals surface area contributed by atoms with Crippen molar-refractivity contribution in [1.82, 2.24) is 14.8 Å². The van der Waals surface area contributed by atoms with Gasteiger partial charge in [0, 0.05) is 31.8 Å². The predicted molar refractivity (Wildman–Crippen MR) is 67.6 cm³/mol. The summed E-state index contributed by atoms with van der Waals surface area (Å²) in [5, 5.41) is 0. The third-order valence-corrected chi connectivity index (χ3v) is 2.82. The minimum absolute atomic E-state index is 0.0366. The van der Waals surface area contributed by atoms with Crippen LogP contribution in [0.25, 0.3) is 0 Å². The molecule has 1 aromatic heterocycles. The molecular weight excluding hydrogens is 286 g/mol. The number of likely N-dealkylation sites (N-methyl/N-ethyl adjacent to an activating group) is 2. The van der Waals surface area contributed by atoms with Crippen molar-refractivity contribution < 1.29 is 9.59 Å². The molecule has 0 aliphatic carbocycles. The first-order valence-electron chi connectivity index (χ1n) is 4.99. The molecule has 0 atom stereocenters. The topological polar surface area (TPSA) is 53.5 Å². The summed E-state index contributed by atoms with van der Waals surface area (Å²) in [5.41, 5.74) is 0.307. The molecule has 2 amide bonds. The van der Waals surface area contributed by atoms with Gasteiger partial charge in [0.05, 0.1) is 6.54 Å². The van der Waals surface area contributed by atoms with E-state index >= 15 is 0 Å². The summed E-state index contributed by atoms with van der Waals surface area (Å²) in [6.45, 7) is 0.0366. The van der Waals surface area contributed by atoms with Crippen molar-refractivity contribution in [3.05, 3.63) is 28.5 Å². The molecule has 1 aromatic rings. The van der Waals surface area contributed by atoms with Crippen LogP contribution in [0.2, 0.25) is 0 Å². The van der Waals surface area contributed by atoms with E-state index in [4.69, 9.17) is 0 Å². The van der Waals surface area contributed by atoms with Gasteiger partial charge in [-0.1, -0.05) is 0 Å². The number of hydrogen-bond acceptors (Lipinski definition) is 3. The van der Waals surface area contributed by atoms with E-state index in [1.165, 1.54) is 9.80 Å². The highest BCUT2D eigenvalue weighted by Gasteiger charge is 2.18. The van der Waals surface area contributed by atoms with Crippen molar-refractivity contribution in [2.24, 2.45) is 0 Å². The van der Waals surface area contributed by atoms with Crippen LogP contribution in [-0.2, 0) is 4.79 Å². The smallest absolute Gasteiger partial charge is 0.273 e. The van der Waals surface area contributed by atoms with Crippen LogP contribution in [0.4, 0.5) is 0 Å². The van der Waals surface area contributed by atoms with Gasteiger partial charge in [-0.3, -0.25) is 9.59 Å². The first-order valence-corrected chi connectivity index (χ1v) is 5.79. The second-order valence-electron chi connectivity index (χ2n) is 3.78. The molecule has 0 aromatic carbocycles. The summed E-state index contributed by atoms with van der Waals surface area (Å²) in [6.07, 6.45) is 1.54. The zero-order valence-electron chi connectivity index (χ0n) is 9.98. The van der Waals surface area contributed by atoms with Crippen LogP contribution in [0.3, 0.4) is 0 Å². The van der Waals surface area contributed by atoms with Gasteiger partial charge < -0.3 is 9.80 Å². The van der Waals surface area contributed by atoms with E-state index in [0.717, 1.165) is 0 Å². The van der Waals surface area contributed by atoms with Crippen molar-refractivity contribution in [3.63, 3.8) is 0 Å². The predicted octanol–water partition coefficient (Wildman–Crippen LogP) is 1.00.